The van der Waals surface area contributed by atoms with E-state index in [4.69, 9.17) is 5.11 Å². The number of rotatable bonds is 8. The Bertz CT molecular complexity index is 362. The quantitative estimate of drug-likeness (QED) is 0.699. The first kappa shape index (κ1) is 13.9. The van der Waals surface area contributed by atoms with Crippen LogP contribution in [0.25, 0.3) is 0 Å². The van der Waals surface area contributed by atoms with E-state index in [9.17, 15) is 9.59 Å². The predicted octanol–water partition coefficient (Wildman–Crippen LogP) is 2.16. The van der Waals surface area contributed by atoms with Crippen molar-refractivity contribution in [2.24, 2.45) is 0 Å². The largest absolute Gasteiger partial charge is 0.481 e. The first-order chi connectivity index (χ1) is 8.15. The molecular formula is C12H17NO3S. The lowest BCUT2D eigenvalue weighted by atomic mass is 10.1. The van der Waals surface area contributed by atoms with Crippen molar-refractivity contribution in [2.45, 2.75) is 32.2 Å². The minimum Gasteiger partial charge on any atom is -0.481 e. The molecule has 1 atom stereocenters. The number of carbonyl (C=O) groups is 2. The van der Waals surface area contributed by atoms with E-state index in [-0.39, 0.29) is 18.2 Å². The normalized spacial score (nSPS) is 12.3. The van der Waals surface area contributed by atoms with Gasteiger partial charge in [-0.25, -0.2) is 0 Å². The Morgan fingerprint density at radius 2 is 2.29 bits per heavy atom. The third-order valence-corrected chi connectivity index (χ3v) is 3.25. The molecule has 1 aromatic rings. The van der Waals surface area contributed by atoms with E-state index in [1.165, 1.54) is 11.3 Å². The molecule has 1 heterocycles. The lowest BCUT2D eigenvalue weighted by molar-refractivity contribution is -0.137. The van der Waals surface area contributed by atoms with Gasteiger partial charge in [-0.05, 0) is 30.8 Å². The molecule has 1 aromatic heterocycles. The number of carbonyl (C=O) groups excluding carboxylic acids is 1. The maximum absolute atomic E-state index is 12.1. The fourth-order valence-corrected chi connectivity index (χ4v) is 2.22. The van der Waals surface area contributed by atoms with Crippen LogP contribution >= 0.6 is 11.3 Å². The maximum Gasteiger partial charge on any atom is 0.303 e. The van der Waals surface area contributed by atoms with Gasteiger partial charge in [0.15, 0.2) is 5.78 Å². The second-order valence-electron chi connectivity index (χ2n) is 3.78. The van der Waals surface area contributed by atoms with Crippen molar-refractivity contribution in [3.63, 3.8) is 0 Å². The molecule has 0 radical (unpaired) electrons. The van der Waals surface area contributed by atoms with Crippen molar-refractivity contribution >= 4 is 23.1 Å². The van der Waals surface area contributed by atoms with Crippen molar-refractivity contribution in [1.29, 1.82) is 0 Å². The van der Waals surface area contributed by atoms with E-state index < -0.39 is 5.97 Å². The van der Waals surface area contributed by atoms with Crippen LogP contribution in [0.1, 0.15) is 35.9 Å². The molecular weight excluding hydrogens is 238 g/mol. The molecule has 0 aromatic carbocycles. The van der Waals surface area contributed by atoms with Crippen LogP contribution < -0.4 is 5.32 Å². The van der Waals surface area contributed by atoms with Gasteiger partial charge in [-0.15, -0.1) is 11.3 Å². The van der Waals surface area contributed by atoms with Gasteiger partial charge in [0.1, 0.15) is 0 Å². The van der Waals surface area contributed by atoms with Gasteiger partial charge in [-0.2, -0.15) is 0 Å². The topological polar surface area (TPSA) is 66.4 Å². The Labute approximate surface area is 105 Å². The van der Waals surface area contributed by atoms with Gasteiger partial charge in [-0.1, -0.05) is 13.0 Å². The van der Waals surface area contributed by atoms with Crippen molar-refractivity contribution in [1.82, 2.24) is 5.32 Å². The summed E-state index contributed by atoms with van der Waals surface area (Å²) >= 11 is 1.39. The lowest BCUT2D eigenvalue weighted by Crippen LogP contribution is -2.37. The molecule has 0 aliphatic carbocycles. The zero-order chi connectivity index (χ0) is 12.7. The monoisotopic (exact) mass is 255 g/mol. The third kappa shape index (κ3) is 4.66. The minimum atomic E-state index is -0.868. The Hall–Kier alpha value is -1.20. The highest BCUT2D eigenvalue weighted by atomic mass is 32.1. The molecule has 0 fully saturated rings. The first-order valence-corrected chi connectivity index (χ1v) is 6.56. The Kier molecular flexibility index (Phi) is 5.86. The summed E-state index contributed by atoms with van der Waals surface area (Å²) in [4.78, 5) is 23.3. The lowest BCUT2D eigenvalue weighted by Gasteiger charge is -2.15. The average molecular weight is 255 g/mol. The highest BCUT2D eigenvalue weighted by molar-refractivity contribution is 7.12. The smallest absolute Gasteiger partial charge is 0.303 e. The number of carboxylic acid groups (broad SMARTS) is 1. The van der Waals surface area contributed by atoms with Gasteiger partial charge in [0.2, 0.25) is 0 Å². The summed E-state index contributed by atoms with van der Waals surface area (Å²) < 4.78 is 0. The van der Waals surface area contributed by atoms with Crippen molar-refractivity contribution < 1.29 is 14.7 Å². The highest BCUT2D eigenvalue weighted by Crippen LogP contribution is 2.14. The molecule has 1 unspecified atom stereocenters. The molecule has 0 saturated carbocycles. The number of nitrogens with one attached hydrogen (secondary N) is 1. The second kappa shape index (κ2) is 7.19. The fraction of sp³-hybridized carbons (Fsp3) is 0.500. The molecule has 5 heteroatoms. The molecule has 94 valence electrons. The number of aliphatic carboxylic acids is 1. The van der Waals surface area contributed by atoms with Crippen LogP contribution in [0.3, 0.4) is 0 Å². The molecule has 17 heavy (non-hydrogen) atoms. The maximum atomic E-state index is 12.1. The molecule has 0 aliphatic heterocycles. The number of ketones is 1. The standard InChI is InChI=1S/C12H17NO3S/c1-2-7-13-9(5-6-11(14)15)12(16)10-4-3-8-17-10/h3-4,8-9,13H,2,5-7H2,1H3,(H,14,15). The van der Waals surface area contributed by atoms with Crippen LogP contribution in [0, 0.1) is 0 Å². The second-order valence-corrected chi connectivity index (χ2v) is 4.73. The fourth-order valence-electron chi connectivity index (χ4n) is 1.50. The summed E-state index contributed by atoms with van der Waals surface area (Å²) in [6.07, 6.45) is 1.27. The summed E-state index contributed by atoms with van der Waals surface area (Å²) in [7, 11) is 0. The van der Waals surface area contributed by atoms with E-state index in [1.807, 2.05) is 18.4 Å². The summed E-state index contributed by atoms with van der Waals surface area (Å²) in [6.45, 7) is 2.73. The number of thiophene rings is 1. The zero-order valence-electron chi connectivity index (χ0n) is 9.81. The van der Waals surface area contributed by atoms with Gasteiger partial charge in [0, 0.05) is 6.42 Å². The predicted molar refractivity (Wildman–Crippen MR) is 67.6 cm³/mol. The van der Waals surface area contributed by atoms with Gasteiger partial charge in [0.25, 0.3) is 0 Å². The first-order valence-electron chi connectivity index (χ1n) is 5.68. The van der Waals surface area contributed by atoms with Crippen molar-refractivity contribution in [3.05, 3.63) is 22.4 Å². The van der Waals surface area contributed by atoms with E-state index in [2.05, 4.69) is 5.32 Å². The molecule has 0 aliphatic rings. The van der Waals surface area contributed by atoms with Crippen molar-refractivity contribution in [3.8, 4) is 0 Å². The highest BCUT2D eigenvalue weighted by Gasteiger charge is 2.20. The van der Waals surface area contributed by atoms with Crippen LogP contribution in [0.5, 0.6) is 0 Å². The molecule has 1 rings (SSSR count). The number of Topliss-reactive ketones (excluding diaryl/α,β-unsaturated/α-hetero) is 1. The van der Waals surface area contributed by atoms with Gasteiger partial charge >= 0.3 is 5.97 Å². The molecule has 0 spiro atoms. The van der Waals surface area contributed by atoms with E-state index in [0.29, 0.717) is 11.3 Å². The van der Waals surface area contributed by atoms with Gasteiger partial charge in [-0.3, -0.25) is 9.59 Å². The van der Waals surface area contributed by atoms with E-state index in [0.717, 1.165) is 13.0 Å². The average Bonchev–Trinajstić information content (AvgIpc) is 2.81. The van der Waals surface area contributed by atoms with Crippen LogP contribution in [-0.2, 0) is 4.79 Å². The summed E-state index contributed by atoms with van der Waals surface area (Å²) in [5, 5.41) is 13.6. The summed E-state index contributed by atoms with van der Waals surface area (Å²) in [6, 6.07) is 3.21. The van der Waals surface area contributed by atoms with Crippen LogP contribution in [0.4, 0.5) is 0 Å². The molecule has 0 saturated heterocycles. The van der Waals surface area contributed by atoms with Crippen LogP contribution in [-0.4, -0.2) is 29.4 Å². The van der Waals surface area contributed by atoms with Crippen LogP contribution in [0.2, 0.25) is 0 Å². The Balaban J connectivity index is 2.61. The van der Waals surface area contributed by atoms with E-state index in [1.54, 1.807) is 6.07 Å². The van der Waals surface area contributed by atoms with Gasteiger partial charge < -0.3 is 10.4 Å². The number of carboxylic acids is 1. The Morgan fingerprint density at radius 3 is 2.82 bits per heavy atom. The SMILES string of the molecule is CCCNC(CCC(=O)O)C(=O)c1cccs1. The number of hydrogen-bond acceptors (Lipinski definition) is 4. The molecule has 2 N–H and O–H groups in total. The minimum absolute atomic E-state index is 0.00491. The van der Waals surface area contributed by atoms with Gasteiger partial charge in [0.05, 0.1) is 10.9 Å². The number of hydrogen-bond donors (Lipinski definition) is 2. The van der Waals surface area contributed by atoms with E-state index >= 15 is 0 Å². The summed E-state index contributed by atoms with van der Waals surface area (Å²) in [5.41, 5.74) is 0. The molecule has 0 amide bonds. The van der Waals surface area contributed by atoms with Crippen LogP contribution in [0.15, 0.2) is 17.5 Å². The molecule has 0 bridgehead atoms. The zero-order valence-corrected chi connectivity index (χ0v) is 10.6. The Morgan fingerprint density at radius 1 is 1.53 bits per heavy atom. The van der Waals surface area contributed by atoms with Crippen molar-refractivity contribution in [2.75, 3.05) is 6.54 Å². The third-order valence-electron chi connectivity index (χ3n) is 2.37. The molecule has 4 nitrogen and oxygen atoms in total. The summed E-state index contributed by atoms with van der Waals surface area (Å²) in [5.74, 6) is -0.873.